The van der Waals surface area contributed by atoms with E-state index in [-0.39, 0.29) is 5.91 Å². The topological polar surface area (TPSA) is 55.1 Å². The number of amides is 1. The van der Waals surface area contributed by atoms with E-state index in [2.05, 4.69) is 21.2 Å². The van der Waals surface area contributed by atoms with Crippen LogP contribution < -0.4 is 11.1 Å². The Balaban J connectivity index is 2.65. The van der Waals surface area contributed by atoms with Crippen molar-refractivity contribution in [2.24, 2.45) is 5.73 Å². The number of carbonyl (C=O) groups is 1. The molecule has 1 aromatic carbocycles. The molecule has 0 radical (unpaired) electrons. The minimum atomic E-state index is -0.436. The summed E-state index contributed by atoms with van der Waals surface area (Å²) in [5.74, 6) is -0.148. The van der Waals surface area contributed by atoms with Gasteiger partial charge in [-0.2, -0.15) is 0 Å². The van der Waals surface area contributed by atoms with Crippen LogP contribution in [-0.2, 0) is 4.79 Å². The molecule has 0 aliphatic heterocycles. The van der Waals surface area contributed by atoms with Gasteiger partial charge in [-0.15, -0.1) is 0 Å². The fraction of sp³-hybridized carbons (Fsp3) is 0.300. The van der Waals surface area contributed by atoms with Gasteiger partial charge in [-0.3, -0.25) is 4.79 Å². The van der Waals surface area contributed by atoms with Crippen LogP contribution in [0.2, 0.25) is 0 Å². The van der Waals surface area contributed by atoms with Gasteiger partial charge in [0.15, 0.2) is 0 Å². The average molecular weight is 257 g/mol. The van der Waals surface area contributed by atoms with E-state index in [4.69, 9.17) is 5.73 Å². The van der Waals surface area contributed by atoms with Crippen molar-refractivity contribution in [2.45, 2.75) is 19.4 Å². The van der Waals surface area contributed by atoms with E-state index in [9.17, 15) is 4.79 Å². The van der Waals surface area contributed by atoms with Gasteiger partial charge in [-0.25, -0.2) is 0 Å². The Labute approximate surface area is 91.8 Å². The second-order valence-corrected chi connectivity index (χ2v) is 3.93. The molecule has 14 heavy (non-hydrogen) atoms. The summed E-state index contributed by atoms with van der Waals surface area (Å²) in [6.45, 7) is 1.88. The zero-order valence-electron chi connectivity index (χ0n) is 7.96. The van der Waals surface area contributed by atoms with Gasteiger partial charge in [0, 0.05) is 10.2 Å². The summed E-state index contributed by atoms with van der Waals surface area (Å²) < 4.78 is 0.931. The summed E-state index contributed by atoms with van der Waals surface area (Å²) in [5.41, 5.74) is 6.34. The van der Waals surface area contributed by atoms with Gasteiger partial charge >= 0.3 is 0 Å². The third kappa shape index (κ3) is 3.12. The summed E-state index contributed by atoms with van der Waals surface area (Å²) in [5, 5.41) is 2.74. The molecule has 4 heteroatoms. The first-order valence-corrected chi connectivity index (χ1v) is 5.24. The summed E-state index contributed by atoms with van der Waals surface area (Å²) in [6, 6.07) is 6.98. The standard InChI is InChI=1S/C10H13BrN2O/c1-2-9(12)10(14)13-8-5-3-4-7(11)6-8/h3-6,9H,2,12H2,1H3,(H,13,14)/t9-/m0/s1. The van der Waals surface area contributed by atoms with Crippen molar-refractivity contribution in [1.82, 2.24) is 0 Å². The highest BCUT2D eigenvalue weighted by Gasteiger charge is 2.10. The van der Waals surface area contributed by atoms with E-state index in [0.29, 0.717) is 6.42 Å². The van der Waals surface area contributed by atoms with Crippen LogP contribution in [-0.4, -0.2) is 11.9 Å². The molecule has 1 rings (SSSR count). The molecule has 0 saturated carbocycles. The second kappa shape index (κ2) is 5.12. The fourth-order valence-corrected chi connectivity index (χ4v) is 1.39. The van der Waals surface area contributed by atoms with Crippen molar-refractivity contribution in [3.05, 3.63) is 28.7 Å². The Bertz CT molecular complexity index is 328. The molecule has 0 saturated heterocycles. The maximum Gasteiger partial charge on any atom is 0.241 e. The predicted octanol–water partition coefficient (Wildman–Crippen LogP) is 2.12. The number of halogens is 1. The summed E-state index contributed by atoms with van der Waals surface area (Å²) >= 11 is 3.32. The Morgan fingerprint density at radius 1 is 1.64 bits per heavy atom. The molecule has 1 aromatic rings. The lowest BCUT2D eigenvalue weighted by atomic mass is 10.2. The number of rotatable bonds is 3. The summed E-state index contributed by atoms with van der Waals surface area (Å²) in [4.78, 5) is 11.4. The van der Waals surface area contributed by atoms with Crippen LogP contribution in [0.4, 0.5) is 5.69 Å². The van der Waals surface area contributed by atoms with Crippen LogP contribution in [0.3, 0.4) is 0 Å². The Kier molecular flexibility index (Phi) is 4.10. The highest BCUT2D eigenvalue weighted by atomic mass is 79.9. The molecule has 0 heterocycles. The van der Waals surface area contributed by atoms with Gasteiger partial charge < -0.3 is 11.1 Å². The lowest BCUT2D eigenvalue weighted by Gasteiger charge is -2.09. The molecule has 0 bridgehead atoms. The van der Waals surface area contributed by atoms with Crippen molar-refractivity contribution >= 4 is 27.5 Å². The van der Waals surface area contributed by atoms with Gasteiger partial charge in [0.25, 0.3) is 0 Å². The summed E-state index contributed by atoms with van der Waals surface area (Å²) in [6.07, 6.45) is 0.639. The van der Waals surface area contributed by atoms with Gasteiger partial charge in [0.1, 0.15) is 0 Å². The van der Waals surface area contributed by atoms with Gasteiger partial charge in [-0.1, -0.05) is 28.9 Å². The number of anilines is 1. The zero-order valence-corrected chi connectivity index (χ0v) is 9.54. The molecular formula is C10H13BrN2O. The molecule has 0 fully saturated rings. The first-order chi connectivity index (χ1) is 6.63. The van der Waals surface area contributed by atoms with Gasteiger partial charge in [0.05, 0.1) is 6.04 Å². The van der Waals surface area contributed by atoms with Crippen molar-refractivity contribution in [1.29, 1.82) is 0 Å². The molecule has 0 spiro atoms. The third-order valence-electron chi connectivity index (χ3n) is 1.87. The fourth-order valence-electron chi connectivity index (χ4n) is 0.987. The number of carbonyl (C=O) groups excluding carboxylic acids is 1. The van der Waals surface area contributed by atoms with E-state index >= 15 is 0 Å². The van der Waals surface area contributed by atoms with Crippen LogP contribution in [0.5, 0.6) is 0 Å². The van der Waals surface area contributed by atoms with Gasteiger partial charge in [-0.05, 0) is 24.6 Å². The lowest BCUT2D eigenvalue weighted by molar-refractivity contribution is -0.117. The number of nitrogens with one attached hydrogen (secondary N) is 1. The molecule has 1 atom stereocenters. The minimum Gasteiger partial charge on any atom is -0.325 e. The quantitative estimate of drug-likeness (QED) is 0.871. The maximum absolute atomic E-state index is 11.4. The third-order valence-corrected chi connectivity index (χ3v) is 2.36. The second-order valence-electron chi connectivity index (χ2n) is 3.01. The largest absolute Gasteiger partial charge is 0.325 e. The van der Waals surface area contributed by atoms with E-state index in [1.165, 1.54) is 0 Å². The highest BCUT2D eigenvalue weighted by molar-refractivity contribution is 9.10. The molecule has 3 N–H and O–H groups in total. The van der Waals surface area contributed by atoms with E-state index < -0.39 is 6.04 Å². The van der Waals surface area contributed by atoms with Crippen LogP contribution in [0.15, 0.2) is 28.7 Å². The molecule has 3 nitrogen and oxygen atoms in total. The average Bonchev–Trinajstić information content (AvgIpc) is 2.16. The Morgan fingerprint density at radius 3 is 2.93 bits per heavy atom. The Morgan fingerprint density at radius 2 is 2.36 bits per heavy atom. The summed E-state index contributed by atoms with van der Waals surface area (Å²) in [7, 11) is 0. The molecule has 0 unspecified atom stereocenters. The van der Waals surface area contributed by atoms with Crippen LogP contribution >= 0.6 is 15.9 Å². The van der Waals surface area contributed by atoms with Crippen molar-refractivity contribution in [2.75, 3.05) is 5.32 Å². The minimum absolute atomic E-state index is 0.148. The predicted molar refractivity (Wildman–Crippen MR) is 61.0 cm³/mol. The highest BCUT2D eigenvalue weighted by Crippen LogP contribution is 2.15. The molecule has 0 aliphatic rings. The first kappa shape index (κ1) is 11.2. The smallest absolute Gasteiger partial charge is 0.241 e. The number of nitrogens with two attached hydrogens (primary N) is 1. The first-order valence-electron chi connectivity index (χ1n) is 4.45. The van der Waals surface area contributed by atoms with E-state index in [0.717, 1.165) is 10.2 Å². The SMILES string of the molecule is CC[C@H](N)C(=O)Nc1cccc(Br)c1. The van der Waals surface area contributed by atoms with Crippen molar-refractivity contribution in [3.63, 3.8) is 0 Å². The number of hydrogen-bond acceptors (Lipinski definition) is 2. The van der Waals surface area contributed by atoms with E-state index in [1.54, 1.807) is 0 Å². The lowest BCUT2D eigenvalue weighted by Crippen LogP contribution is -2.34. The van der Waals surface area contributed by atoms with Crippen LogP contribution in [0.25, 0.3) is 0 Å². The molecule has 0 aliphatic carbocycles. The molecule has 1 amide bonds. The van der Waals surface area contributed by atoms with Crippen LogP contribution in [0.1, 0.15) is 13.3 Å². The normalized spacial score (nSPS) is 12.2. The van der Waals surface area contributed by atoms with Crippen molar-refractivity contribution in [3.8, 4) is 0 Å². The van der Waals surface area contributed by atoms with Crippen molar-refractivity contribution < 1.29 is 4.79 Å². The molecular weight excluding hydrogens is 244 g/mol. The van der Waals surface area contributed by atoms with E-state index in [1.807, 2.05) is 31.2 Å². The zero-order chi connectivity index (χ0) is 10.6. The number of hydrogen-bond donors (Lipinski definition) is 2. The molecule has 76 valence electrons. The monoisotopic (exact) mass is 256 g/mol. The van der Waals surface area contributed by atoms with Crippen LogP contribution in [0, 0.1) is 0 Å². The molecule has 0 aromatic heterocycles. The maximum atomic E-state index is 11.4. The Hall–Kier alpha value is -0.870. The number of benzene rings is 1. The van der Waals surface area contributed by atoms with Gasteiger partial charge in [0.2, 0.25) is 5.91 Å².